The molecule has 8 heteroatoms. The highest BCUT2D eigenvalue weighted by Crippen LogP contribution is 2.48. The molecule has 0 saturated heterocycles. The SMILES string of the molecule is C[C@@]12C[C@@H](OCc3cc([N+](=O)[O-])cc([N+](=O)[O-])c3)CC[C@@H]1CCCCC2=O. The van der Waals surface area contributed by atoms with Crippen LogP contribution in [-0.4, -0.2) is 21.7 Å². The van der Waals surface area contributed by atoms with Gasteiger partial charge < -0.3 is 4.74 Å². The van der Waals surface area contributed by atoms with E-state index >= 15 is 0 Å². The van der Waals surface area contributed by atoms with Crippen LogP contribution in [0.3, 0.4) is 0 Å². The number of hydrogen-bond donors (Lipinski definition) is 0. The zero-order valence-electron chi connectivity index (χ0n) is 15.4. The van der Waals surface area contributed by atoms with Gasteiger partial charge >= 0.3 is 0 Å². The monoisotopic (exact) mass is 376 g/mol. The standard InChI is InChI=1S/C19H24N2O6/c1-19-11-17(7-6-14(19)4-2-3-5-18(19)22)27-12-13-8-15(20(23)24)10-16(9-13)21(25)26/h8-10,14,17H,2-7,11-12H2,1H3/t14-,17-,19+/m0/s1. The predicted octanol–water partition coefficient (Wildman–Crippen LogP) is 4.34. The highest BCUT2D eigenvalue weighted by molar-refractivity contribution is 5.85. The van der Waals surface area contributed by atoms with Crippen LogP contribution in [-0.2, 0) is 16.1 Å². The summed E-state index contributed by atoms with van der Waals surface area (Å²) in [7, 11) is 0. The first-order chi connectivity index (χ1) is 12.8. The third kappa shape index (κ3) is 4.16. The van der Waals surface area contributed by atoms with Gasteiger partial charge in [0.05, 0.1) is 28.6 Å². The lowest BCUT2D eigenvalue weighted by Gasteiger charge is -2.42. The summed E-state index contributed by atoms with van der Waals surface area (Å²) >= 11 is 0. The lowest BCUT2D eigenvalue weighted by molar-refractivity contribution is -0.394. The minimum Gasteiger partial charge on any atom is -0.374 e. The largest absolute Gasteiger partial charge is 0.374 e. The lowest BCUT2D eigenvalue weighted by atomic mass is 9.63. The zero-order chi connectivity index (χ0) is 19.6. The summed E-state index contributed by atoms with van der Waals surface area (Å²) in [6.07, 6.45) is 6.04. The first-order valence-corrected chi connectivity index (χ1v) is 9.37. The molecule has 27 heavy (non-hydrogen) atoms. The van der Waals surface area contributed by atoms with Crippen molar-refractivity contribution in [1.29, 1.82) is 0 Å². The molecule has 0 radical (unpaired) electrons. The molecule has 2 aliphatic rings. The number of nitro benzene ring substituents is 2. The average molecular weight is 376 g/mol. The van der Waals surface area contributed by atoms with E-state index < -0.39 is 9.85 Å². The Morgan fingerprint density at radius 1 is 1.07 bits per heavy atom. The third-order valence-electron chi connectivity index (χ3n) is 6.10. The summed E-state index contributed by atoms with van der Waals surface area (Å²) in [5, 5.41) is 22.0. The normalized spacial score (nSPS) is 28.3. The van der Waals surface area contributed by atoms with Gasteiger partial charge in [-0.25, -0.2) is 0 Å². The second kappa shape index (κ2) is 7.72. The van der Waals surface area contributed by atoms with E-state index in [-0.39, 0.29) is 29.5 Å². The van der Waals surface area contributed by atoms with E-state index in [9.17, 15) is 25.0 Å². The molecule has 0 N–H and O–H groups in total. The Labute approximate surface area is 157 Å². The second-order valence-corrected chi connectivity index (χ2v) is 7.87. The van der Waals surface area contributed by atoms with Crippen molar-refractivity contribution in [3.63, 3.8) is 0 Å². The first kappa shape index (κ1) is 19.4. The van der Waals surface area contributed by atoms with E-state index in [4.69, 9.17) is 4.74 Å². The molecule has 0 spiro atoms. The Morgan fingerprint density at radius 3 is 2.37 bits per heavy atom. The maximum absolute atomic E-state index is 12.6. The molecule has 0 heterocycles. The van der Waals surface area contributed by atoms with Crippen molar-refractivity contribution in [3.8, 4) is 0 Å². The summed E-state index contributed by atoms with van der Waals surface area (Å²) in [4.78, 5) is 33.3. The summed E-state index contributed by atoms with van der Waals surface area (Å²) in [6, 6.07) is 3.55. The molecular weight excluding hydrogens is 352 g/mol. The minimum absolute atomic E-state index is 0.0577. The fourth-order valence-corrected chi connectivity index (χ4v) is 4.52. The number of carbonyl (C=O) groups excluding carboxylic acids is 1. The molecule has 0 bridgehead atoms. The summed E-state index contributed by atoms with van der Waals surface area (Å²) < 4.78 is 5.94. The van der Waals surface area contributed by atoms with Crippen molar-refractivity contribution in [1.82, 2.24) is 0 Å². The topological polar surface area (TPSA) is 113 Å². The fraction of sp³-hybridized carbons (Fsp3) is 0.632. The highest BCUT2D eigenvalue weighted by atomic mass is 16.6. The predicted molar refractivity (Wildman–Crippen MR) is 97.3 cm³/mol. The van der Waals surface area contributed by atoms with E-state index in [2.05, 4.69) is 0 Å². The third-order valence-corrected chi connectivity index (χ3v) is 6.10. The number of ketones is 1. The molecule has 8 nitrogen and oxygen atoms in total. The Kier molecular flexibility index (Phi) is 5.55. The van der Waals surface area contributed by atoms with Gasteiger partial charge in [0.2, 0.25) is 0 Å². The Morgan fingerprint density at radius 2 is 1.74 bits per heavy atom. The van der Waals surface area contributed by atoms with E-state index in [1.165, 1.54) is 12.1 Å². The van der Waals surface area contributed by atoms with Crippen LogP contribution in [0.1, 0.15) is 57.4 Å². The minimum atomic E-state index is -0.646. The van der Waals surface area contributed by atoms with Crippen LogP contribution < -0.4 is 0 Å². The number of nitrogens with zero attached hydrogens (tertiary/aromatic N) is 2. The number of rotatable bonds is 5. The number of fused-ring (bicyclic) bond motifs is 1. The molecule has 0 unspecified atom stereocenters. The quantitative estimate of drug-likeness (QED) is 0.558. The lowest BCUT2D eigenvalue weighted by Crippen LogP contribution is -2.42. The van der Waals surface area contributed by atoms with Crippen LogP contribution in [0, 0.1) is 31.6 Å². The van der Waals surface area contributed by atoms with Crippen LogP contribution >= 0.6 is 0 Å². The van der Waals surface area contributed by atoms with Gasteiger partial charge in [-0.15, -0.1) is 0 Å². The van der Waals surface area contributed by atoms with Gasteiger partial charge in [0.25, 0.3) is 11.4 Å². The van der Waals surface area contributed by atoms with E-state index in [1.807, 2.05) is 6.92 Å². The van der Waals surface area contributed by atoms with Gasteiger partial charge in [-0.2, -0.15) is 0 Å². The second-order valence-electron chi connectivity index (χ2n) is 7.87. The van der Waals surface area contributed by atoms with Crippen LogP contribution in [0.4, 0.5) is 11.4 Å². The van der Waals surface area contributed by atoms with Crippen LogP contribution in [0.5, 0.6) is 0 Å². The van der Waals surface area contributed by atoms with E-state index in [1.54, 1.807) is 0 Å². The molecular formula is C19H24N2O6. The summed E-state index contributed by atoms with van der Waals surface area (Å²) in [5.41, 5.74) is -0.612. The molecule has 146 valence electrons. The molecule has 3 rings (SSSR count). The van der Waals surface area contributed by atoms with Gasteiger partial charge in [0.15, 0.2) is 0 Å². The molecule has 3 atom stereocenters. The Balaban J connectivity index is 1.71. The summed E-state index contributed by atoms with van der Waals surface area (Å²) in [6.45, 7) is 2.10. The number of ether oxygens (including phenoxy) is 1. The van der Waals surface area contributed by atoms with Crippen molar-refractivity contribution in [2.24, 2.45) is 11.3 Å². The molecule has 0 amide bonds. The van der Waals surface area contributed by atoms with Crippen molar-refractivity contribution in [2.45, 2.75) is 64.6 Å². The van der Waals surface area contributed by atoms with E-state index in [0.29, 0.717) is 30.1 Å². The molecule has 1 aromatic carbocycles. The smallest absolute Gasteiger partial charge is 0.276 e. The Bertz CT molecular complexity index is 732. The maximum Gasteiger partial charge on any atom is 0.276 e. The first-order valence-electron chi connectivity index (χ1n) is 9.37. The van der Waals surface area contributed by atoms with Crippen molar-refractivity contribution >= 4 is 17.2 Å². The number of Topliss-reactive ketones (excluding diaryl/α,β-unsaturated/α-hetero) is 1. The molecule has 1 aromatic rings. The fourth-order valence-electron chi connectivity index (χ4n) is 4.52. The number of non-ortho nitro benzene ring substituents is 2. The number of benzene rings is 1. The molecule has 0 aliphatic heterocycles. The number of hydrogen-bond acceptors (Lipinski definition) is 6. The maximum atomic E-state index is 12.6. The average Bonchev–Trinajstić information content (AvgIpc) is 2.78. The van der Waals surface area contributed by atoms with Crippen LogP contribution in [0.2, 0.25) is 0 Å². The van der Waals surface area contributed by atoms with E-state index in [0.717, 1.165) is 38.2 Å². The molecule has 2 fully saturated rings. The summed E-state index contributed by atoms with van der Waals surface area (Å²) in [5.74, 6) is 0.704. The van der Waals surface area contributed by atoms with Gasteiger partial charge in [-0.3, -0.25) is 25.0 Å². The molecule has 0 aromatic heterocycles. The number of carbonyl (C=O) groups is 1. The highest BCUT2D eigenvalue weighted by Gasteiger charge is 2.46. The van der Waals surface area contributed by atoms with Crippen LogP contribution in [0.15, 0.2) is 18.2 Å². The van der Waals surface area contributed by atoms with Gasteiger partial charge in [0, 0.05) is 24.0 Å². The Hall–Kier alpha value is -2.35. The molecule has 2 saturated carbocycles. The molecule has 2 aliphatic carbocycles. The van der Waals surface area contributed by atoms with Crippen molar-refractivity contribution < 1.29 is 19.4 Å². The van der Waals surface area contributed by atoms with Gasteiger partial charge in [0.1, 0.15) is 5.78 Å². The number of nitro groups is 2. The van der Waals surface area contributed by atoms with Crippen molar-refractivity contribution in [2.75, 3.05) is 0 Å². The van der Waals surface area contributed by atoms with Crippen molar-refractivity contribution in [3.05, 3.63) is 44.0 Å². The van der Waals surface area contributed by atoms with Gasteiger partial charge in [-0.1, -0.05) is 13.3 Å². The van der Waals surface area contributed by atoms with Crippen LogP contribution in [0.25, 0.3) is 0 Å². The van der Waals surface area contributed by atoms with Gasteiger partial charge in [-0.05, 0) is 43.6 Å². The zero-order valence-corrected chi connectivity index (χ0v) is 15.4.